The number of halogens is 1. The lowest BCUT2D eigenvalue weighted by Gasteiger charge is -2.18. The van der Waals surface area contributed by atoms with Crippen LogP contribution in [0.2, 0.25) is 0 Å². The monoisotopic (exact) mass is 226 g/mol. The van der Waals surface area contributed by atoms with Gasteiger partial charge in [0.15, 0.2) is 5.78 Å². The Morgan fingerprint density at radius 1 is 1.33 bits per heavy atom. The second-order valence-corrected chi connectivity index (χ2v) is 3.80. The lowest BCUT2D eigenvalue weighted by Crippen LogP contribution is -2.40. The third-order valence-electron chi connectivity index (χ3n) is 2.22. The molecule has 1 atom stereocenters. The molecular weight excluding hydrogens is 216 g/mol. The molecule has 0 radical (unpaired) electrons. The number of carbonyl (C=O) groups is 2. The first kappa shape index (κ1) is 11.7. The van der Waals surface area contributed by atoms with Gasteiger partial charge in [-0.15, -0.1) is 0 Å². The van der Waals surface area contributed by atoms with E-state index in [9.17, 15) is 9.59 Å². The predicted octanol–water partition coefficient (Wildman–Crippen LogP) is 2.34. The van der Waals surface area contributed by atoms with Gasteiger partial charge in [-0.3, -0.25) is 4.79 Å². The average Bonchev–Trinajstić information content (AvgIpc) is 2.28. The lowest BCUT2D eigenvalue weighted by atomic mass is 9.94. The van der Waals surface area contributed by atoms with Crippen molar-refractivity contribution in [3.8, 4) is 0 Å². The van der Waals surface area contributed by atoms with Crippen molar-refractivity contribution < 1.29 is 14.7 Å². The van der Waals surface area contributed by atoms with Crippen LogP contribution in [0.25, 0.3) is 0 Å². The van der Waals surface area contributed by atoms with E-state index in [1.165, 1.54) is 0 Å². The maximum Gasteiger partial charge on any atom is 0.332 e. The van der Waals surface area contributed by atoms with Gasteiger partial charge in [-0.1, -0.05) is 48.9 Å². The average molecular weight is 227 g/mol. The van der Waals surface area contributed by atoms with Crippen molar-refractivity contribution in [1.29, 1.82) is 0 Å². The first-order valence-electron chi connectivity index (χ1n) is 4.54. The zero-order valence-electron chi connectivity index (χ0n) is 8.24. The van der Waals surface area contributed by atoms with Crippen LogP contribution in [-0.4, -0.2) is 21.7 Å². The van der Waals surface area contributed by atoms with Crippen molar-refractivity contribution in [1.82, 2.24) is 0 Å². The van der Waals surface area contributed by atoms with Gasteiger partial charge in [0.25, 0.3) is 0 Å². The summed E-state index contributed by atoms with van der Waals surface area (Å²) < 4.78 is 0. The molecule has 0 fully saturated rings. The van der Waals surface area contributed by atoms with Crippen LogP contribution in [-0.2, 0) is 4.79 Å². The van der Waals surface area contributed by atoms with Gasteiger partial charge < -0.3 is 5.11 Å². The van der Waals surface area contributed by atoms with Crippen molar-refractivity contribution in [2.75, 3.05) is 0 Å². The van der Waals surface area contributed by atoms with Crippen molar-refractivity contribution in [2.24, 2.45) is 0 Å². The summed E-state index contributed by atoms with van der Waals surface area (Å²) in [6.45, 7) is 1.57. The largest absolute Gasteiger partial charge is 0.480 e. The van der Waals surface area contributed by atoms with Crippen LogP contribution < -0.4 is 0 Å². The predicted molar refractivity (Wildman–Crippen MR) is 57.3 cm³/mol. The van der Waals surface area contributed by atoms with Gasteiger partial charge >= 0.3 is 5.97 Å². The number of ketones is 1. The highest BCUT2D eigenvalue weighted by Crippen LogP contribution is 2.25. The van der Waals surface area contributed by atoms with Crippen molar-refractivity contribution >= 4 is 23.4 Å². The summed E-state index contributed by atoms with van der Waals surface area (Å²) in [4.78, 5) is 20.9. The number of carboxylic acids is 1. The molecule has 0 saturated heterocycles. The molecule has 4 heteroatoms. The molecule has 0 aliphatic heterocycles. The molecular formula is C11H11ClO3. The quantitative estimate of drug-likeness (QED) is 0.487. The highest BCUT2D eigenvalue weighted by Gasteiger charge is 2.42. The first-order chi connectivity index (χ1) is 7.02. The van der Waals surface area contributed by atoms with E-state index >= 15 is 0 Å². The second-order valence-electron chi connectivity index (χ2n) is 3.16. The summed E-state index contributed by atoms with van der Waals surface area (Å²) in [7, 11) is 0. The van der Waals surface area contributed by atoms with Crippen molar-refractivity contribution in [2.45, 2.75) is 18.2 Å². The third-order valence-corrected chi connectivity index (χ3v) is 2.82. The maximum absolute atomic E-state index is 11.8. The van der Waals surface area contributed by atoms with Gasteiger partial charge in [0.05, 0.1) is 0 Å². The lowest BCUT2D eigenvalue weighted by molar-refractivity contribution is -0.138. The molecule has 0 saturated carbocycles. The maximum atomic E-state index is 11.8. The molecule has 1 N–H and O–H groups in total. The molecule has 1 aromatic carbocycles. The normalized spacial score (nSPS) is 14.3. The Morgan fingerprint density at radius 2 is 1.87 bits per heavy atom. The highest BCUT2D eigenvalue weighted by atomic mass is 35.5. The molecule has 0 bridgehead atoms. The summed E-state index contributed by atoms with van der Waals surface area (Å²) >= 11 is 5.79. The van der Waals surface area contributed by atoms with Gasteiger partial charge in [0.1, 0.15) is 0 Å². The van der Waals surface area contributed by atoms with Gasteiger partial charge in [-0.05, 0) is 6.42 Å². The van der Waals surface area contributed by atoms with Crippen LogP contribution >= 0.6 is 11.6 Å². The fourth-order valence-corrected chi connectivity index (χ4v) is 1.34. The van der Waals surface area contributed by atoms with Gasteiger partial charge in [-0.2, -0.15) is 0 Å². The molecule has 0 spiro atoms. The smallest absolute Gasteiger partial charge is 0.332 e. The fraction of sp³-hybridized carbons (Fsp3) is 0.273. The Bertz CT molecular complexity index is 375. The van der Waals surface area contributed by atoms with Crippen LogP contribution in [0.5, 0.6) is 0 Å². The van der Waals surface area contributed by atoms with E-state index in [1.54, 1.807) is 37.3 Å². The number of rotatable bonds is 4. The van der Waals surface area contributed by atoms with Crippen LogP contribution in [0.15, 0.2) is 30.3 Å². The van der Waals surface area contributed by atoms with Gasteiger partial charge in [-0.25, -0.2) is 4.79 Å². The molecule has 0 aliphatic carbocycles. The zero-order valence-corrected chi connectivity index (χ0v) is 8.99. The standard InChI is InChI=1S/C11H11ClO3/c1-2-11(12,10(14)15)9(13)8-6-4-3-5-7-8/h3-7H,2H2,1H3,(H,14,15). The topological polar surface area (TPSA) is 54.4 Å². The van der Waals surface area contributed by atoms with E-state index in [2.05, 4.69) is 0 Å². The van der Waals surface area contributed by atoms with E-state index < -0.39 is 16.6 Å². The zero-order chi connectivity index (χ0) is 11.5. The number of benzene rings is 1. The van der Waals surface area contributed by atoms with E-state index in [4.69, 9.17) is 16.7 Å². The molecule has 0 aliphatic rings. The molecule has 0 aromatic heterocycles. The van der Waals surface area contributed by atoms with Gasteiger partial charge in [0.2, 0.25) is 4.87 Å². The molecule has 80 valence electrons. The van der Waals surface area contributed by atoms with E-state index in [0.717, 1.165) is 0 Å². The molecule has 1 rings (SSSR count). The Kier molecular flexibility index (Phi) is 3.48. The minimum absolute atomic E-state index is 0.0532. The van der Waals surface area contributed by atoms with Crippen LogP contribution in [0.4, 0.5) is 0 Å². The van der Waals surface area contributed by atoms with Crippen LogP contribution in [0, 0.1) is 0 Å². The SMILES string of the molecule is CCC(Cl)(C(=O)O)C(=O)c1ccccc1. The third kappa shape index (κ3) is 2.18. The number of Topliss-reactive ketones (excluding diaryl/α,β-unsaturated/α-hetero) is 1. The number of carboxylic acid groups (broad SMARTS) is 1. The molecule has 0 heterocycles. The Balaban J connectivity index is 3.08. The highest BCUT2D eigenvalue weighted by molar-refractivity contribution is 6.47. The summed E-state index contributed by atoms with van der Waals surface area (Å²) in [5.41, 5.74) is 0.316. The Morgan fingerprint density at radius 3 is 2.27 bits per heavy atom. The number of alkyl halides is 1. The second kappa shape index (κ2) is 4.45. The summed E-state index contributed by atoms with van der Waals surface area (Å²) in [5.74, 6) is -1.87. The molecule has 1 unspecified atom stereocenters. The Labute approximate surface area is 92.7 Å². The Hall–Kier alpha value is -1.35. The minimum Gasteiger partial charge on any atom is -0.480 e. The van der Waals surface area contributed by atoms with Crippen LogP contribution in [0.1, 0.15) is 23.7 Å². The van der Waals surface area contributed by atoms with Crippen molar-refractivity contribution in [3.05, 3.63) is 35.9 Å². The summed E-state index contributed by atoms with van der Waals surface area (Å²) in [6.07, 6.45) is 0.0532. The fourth-order valence-electron chi connectivity index (χ4n) is 1.23. The van der Waals surface area contributed by atoms with E-state index in [1.807, 2.05) is 0 Å². The number of carbonyl (C=O) groups excluding carboxylic acids is 1. The van der Waals surface area contributed by atoms with E-state index in [-0.39, 0.29) is 6.42 Å². The number of hydrogen-bond acceptors (Lipinski definition) is 2. The minimum atomic E-state index is -1.85. The molecule has 0 amide bonds. The molecule has 3 nitrogen and oxygen atoms in total. The van der Waals surface area contributed by atoms with Gasteiger partial charge in [0, 0.05) is 5.56 Å². The van der Waals surface area contributed by atoms with Crippen LogP contribution in [0.3, 0.4) is 0 Å². The molecule has 15 heavy (non-hydrogen) atoms. The first-order valence-corrected chi connectivity index (χ1v) is 4.92. The summed E-state index contributed by atoms with van der Waals surface area (Å²) in [6, 6.07) is 8.19. The summed E-state index contributed by atoms with van der Waals surface area (Å²) in [5, 5.41) is 8.91. The number of hydrogen-bond donors (Lipinski definition) is 1. The van der Waals surface area contributed by atoms with E-state index in [0.29, 0.717) is 5.56 Å². The molecule has 1 aromatic rings. The van der Waals surface area contributed by atoms with Crippen molar-refractivity contribution in [3.63, 3.8) is 0 Å². The number of aliphatic carboxylic acids is 1.